The van der Waals surface area contributed by atoms with Gasteiger partial charge >= 0.3 is 6.09 Å². The van der Waals surface area contributed by atoms with Crippen LogP contribution in [0.3, 0.4) is 0 Å². The first-order valence-electron chi connectivity index (χ1n) is 12.0. The number of ether oxygens (including phenoxy) is 1. The molecule has 0 aliphatic carbocycles. The molecular weight excluding hydrogens is 444 g/mol. The molecule has 0 aromatic carbocycles. The van der Waals surface area contributed by atoms with Crippen molar-refractivity contribution in [3.05, 3.63) is 65.4 Å². The SMILES string of the molecule is Cc1cc(C)n(-c2ccc(CNC(=O)c3cccn3C3CCN(C(=O)OC(C)(C)C)CC3)cn2)n1. The maximum Gasteiger partial charge on any atom is 0.410 e. The van der Waals surface area contributed by atoms with Gasteiger partial charge in [-0.2, -0.15) is 5.10 Å². The normalized spacial score (nSPS) is 14.7. The van der Waals surface area contributed by atoms with Crippen LogP contribution in [0.4, 0.5) is 4.79 Å². The Morgan fingerprint density at radius 1 is 1.14 bits per heavy atom. The maximum atomic E-state index is 13.0. The fourth-order valence-corrected chi connectivity index (χ4v) is 4.34. The van der Waals surface area contributed by atoms with E-state index in [-0.39, 0.29) is 18.0 Å². The summed E-state index contributed by atoms with van der Waals surface area (Å²) < 4.78 is 9.31. The van der Waals surface area contributed by atoms with Crippen molar-refractivity contribution in [2.24, 2.45) is 0 Å². The van der Waals surface area contributed by atoms with E-state index in [1.54, 1.807) is 15.8 Å². The number of rotatable bonds is 5. The smallest absolute Gasteiger partial charge is 0.410 e. The lowest BCUT2D eigenvalue weighted by Gasteiger charge is -2.34. The predicted molar refractivity (Wildman–Crippen MR) is 133 cm³/mol. The summed E-state index contributed by atoms with van der Waals surface area (Å²) in [5, 5.41) is 7.46. The lowest BCUT2D eigenvalue weighted by atomic mass is 10.0. The maximum absolute atomic E-state index is 13.0. The third-order valence-electron chi connectivity index (χ3n) is 6.01. The minimum Gasteiger partial charge on any atom is -0.444 e. The fraction of sp³-hybridized carbons (Fsp3) is 0.462. The number of nitrogens with one attached hydrogen (secondary N) is 1. The molecule has 1 fully saturated rings. The molecule has 35 heavy (non-hydrogen) atoms. The number of pyridine rings is 1. The summed E-state index contributed by atoms with van der Waals surface area (Å²) in [6, 6.07) is 9.74. The van der Waals surface area contributed by atoms with E-state index in [9.17, 15) is 9.59 Å². The number of aromatic nitrogens is 4. The molecule has 2 amide bonds. The van der Waals surface area contributed by atoms with Crippen LogP contribution in [0.2, 0.25) is 0 Å². The lowest BCUT2D eigenvalue weighted by molar-refractivity contribution is 0.0187. The summed E-state index contributed by atoms with van der Waals surface area (Å²) in [6.07, 6.45) is 4.96. The van der Waals surface area contributed by atoms with Crippen molar-refractivity contribution in [1.29, 1.82) is 0 Å². The van der Waals surface area contributed by atoms with E-state index in [1.807, 2.05) is 75.7 Å². The Morgan fingerprint density at radius 2 is 1.89 bits per heavy atom. The number of likely N-dealkylation sites (tertiary alicyclic amines) is 1. The Hall–Kier alpha value is -3.62. The molecule has 186 valence electrons. The van der Waals surface area contributed by atoms with Crippen LogP contribution < -0.4 is 5.32 Å². The van der Waals surface area contributed by atoms with Crippen LogP contribution in [-0.4, -0.2) is 54.9 Å². The van der Waals surface area contributed by atoms with Crippen molar-refractivity contribution in [1.82, 2.24) is 29.5 Å². The summed E-state index contributed by atoms with van der Waals surface area (Å²) >= 11 is 0. The van der Waals surface area contributed by atoms with Crippen LogP contribution in [0.1, 0.15) is 67.1 Å². The van der Waals surface area contributed by atoms with E-state index >= 15 is 0 Å². The molecule has 3 aromatic heterocycles. The van der Waals surface area contributed by atoms with Crippen molar-refractivity contribution >= 4 is 12.0 Å². The Morgan fingerprint density at radius 3 is 2.49 bits per heavy atom. The molecule has 9 heteroatoms. The number of aryl methyl sites for hydroxylation is 2. The van der Waals surface area contributed by atoms with Crippen LogP contribution in [0.5, 0.6) is 0 Å². The first-order valence-corrected chi connectivity index (χ1v) is 12.0. The van der Waals surface area contributed by atoms with Gasteiger partial charge in [0.15, 0.2) is 5.82 Å². The van der Waals surface area contributed by atoms with E-state index in [4.69, 9.17) is 4.74 Å². The molecule has 1 aliphatic heterocycles. The zero-order valence-electron chi connectivity index (χ0n) is 21.1. The Labute approximate surface area is 206 Å². The average molecular weight is 479 g/mol. The Bertz CT molecular complexity index is 1180. The summed E-state index contributed by atoms with van der Waals surface area (Å²) in [4.78, 5) is 31.5. The lowest BCUT2D eigenvalue weighted by Crippen LogP contribution is -2.42. The predicted octanol–water partition coefficient (Wildman–Crippen LogP) is 4.19. The number of amides is 2. The molecule has 1 N–H and O–H groups in total. The number of carbonyl (C=O) groups is 2. The molecule has 0 bridgehead atoms. The second-order valence-electron chi connectivity index (χ2n) is 10.0. The van der Waals surface area contributed by atoms with E-state index in [2.05, 4.69) is 15.4 Å². The highest BCUT2D eigenvalue weighted by molar-refractivity contribution is 5.92. The third-order valence-corrected chi connectivity index (χ3v) is 6.01. The Kier molecular flexibility index (Phi) is 6.95. The third kappa shape index (κ3) is 5.90. The number of hydrogen-bond donors (Lipinski definition) is 1. The van der Waals surface area contributed by atoms with Gasteiger partial charge in [-0.15, -0.1) is 0 Å². The molecule has 0 spiro atoms. The Balaban J connectivity index is 1.33. The molecule has 0 saturated carbocycles. The fourth-order valence-electron chi connectivity index (χ4n) is 4.34. The zero-order valence-corrected chi connectivity index (χ0v) is 21.1. The molecule has 4 rings (SSSR count). The molecule has 3 aromatic rings. The van der Waals surface area contributed by atoms with Crippen molar-refractivity contribution in [3.63, 3.8) is 0 Å². The molecule has 0 atom stereocenters. The van der Waals surface area contributed by atoms with Gasteiger partial charge < -0.3 is 19.5 Å². The van der Waals surface area contributed by atoms with E-state index < -0.39 is 5.60 Å². The van der Waals surface area contributed by atoms with Crippen molar-refractivity contribution in [2.75, 3.05) is 13.1 Å². The zero-order chi connectivity index (χ0) is 25.2. The standard InChI is InChI=1S/C26H34N6O3/c1-18-15-19(2)32(29-18)23-9-8-20(16-27-23)17-28-24(33)22-7-6-12-31(22)21-10-13-30(14-11-21)25(34)35-26(3,4)5/h6-9,12,15-16,21H,10-11,13-14,17H2,1-5H3,(H,28,33). The largest absolute Gasteiger partial charge is 0.444 e. The summed E-state index contributed by atoms with van der Waals surface area (Å²) in [7, 11) is 0. The molecule has 1 saturated heterocycles. The van der Waals surface area contributed by atoms with Gasteiger partial charge in [0, 0.05) is 43.8 Å². The molecule has 1 aliphatic rings. The van der Waals surface area contributed by atoms with Gasteiger partial charge in [-0.05, 0) is 77.3 Å². The van der Waals surface area contributed by atoms with Gasteiger partial charge in [-0.25, -0.2) is 14.5 Å². The van der Waals surface area contributed by atoms with E-state index in [1.165, 1.54) is 0 Å². The summed E-state index contributed by atoms with van der Waals surface area (Å²) in [5.74, 6) is 0.615. The van der Waals surface area contributed by atoms with Gasteiger partial charge in [0.25, 0.3) is 5.91 Å². The van der Waals surface area contributed by atoms with E-state index in [0.717, 1.165) is 35.6 Å². The number of piperidine rings is 1. The quantitative estimate of drug-likeness (QED) is 0.594. The topological polar surface area (TPSA) is 94.3 Å². The first-order chi connectivity index (χ1) is 16.6. The van der Waals surface area contributed by atoms with Crippen LogP contribution >= 0.6 is 0 Å². The summed E-state index contributed by atoms with van der Waals surface area (Å²) in [6.45, 7) is 11.1. The minimum atomic E-state index is -0.507. The van der Waals surface area contributed by atoms with Gasteiger partial charge in [0.2, 0.25) is 0 Å². The van der Waals surface area contributed by atoms with Crippen LogP contribution in [-0.2, 0) is 11.3 Å². The minimum absolute atomic E-state index is 0.132. The van der Waals surface area contributed by atoms with Gasteiger partial charge in [0.1, 0.15) is 11.3 Å². The first kappa shape index (κ1) is 24.5. The number of nitrogens with zero attached hydrogens (tertiary/aromatic N) is 5. The molecule has 9 nitrogen and oxygen atoms in total. The highest BCUT2D eigenvalue weighted by Crippen LogP contribution is 2.26. The van der Waals surface area contributed by atoms with Gasteiger partial charge in [0.05, 0.1) is 5.69 Å². The van der Waals surface area contributed by atoms with Crippen LogP contribution in [0, 0.1) is 13.8 Å². The van der Waals surface area contributed by atoms with Crippen molar-refractivity contribution in [3.8, 4) is 5.82 Å². The monoisotopic (exact) mass is 478 g/mol. The van der Waals surface area contributed by atoms with Crippen molar-refractivity contribution < 1.29 is 14.3 Å². The van der Waals surface area contributed by atoms with E-state index in [0.29, 0.717) is 25.3 Å². The second-order valence-corrected chi connectivity index (χ2v) is 10.0. The second kappa shape index (κ2) is 9.93. The molecular formula is C26H34N6O3. The van der Waals surface area contributed by atoms with Gasteiger partial charge in [-0.3, -0.25) is 4.79 Å². The summed E-state index contributed by atoms with van der Waals surface area (Å²) in [5.41, 5.74) is 2.99. The van der Waals surface area contributed by atoms with Crippen LogP contribution in [0.15, 0.2) is 42.7 Å². The highest BCUT2D eigenvalue weighted by atomic mass is 16.6. The molecule has 0 unspecified atom stereocenters. The van der Waals surface area contributed by atoms with Crippen molar-refractivity contribution in [2.45, 2.75) is 65.6 Å². The molecule has 0 radical (unpaired) electrons. The molecule has 4 heterocycles. The number of carbonyl (C=O) groups excluding carboxylic acids is 2. The van der Waals surface area contributed by atoms with Gasteiger partial charge in [-0.1, -0.05) is 6.07 Å². The highest BCUT2D eigenvalue weighted by Gasteiger charge is 2.28. The van der Waals surface area contributed by atoms with Crippen LogP contribution in [0.25, 0.3) is 5.82 Å². The average Bonchev–Trinajstić information content (AvgIpc) is 3.43. The number of hydrogen-bond acceptors (Lipinski definition) is 5.